The first-order valence-electron chi connectivity index (χ1n) is 5.70. The van der Waals surface area contributed by atoms with Crippen LogP contribution in [0, 0.1) is 6.92 Å². The minimum absolute atomic E-state index is 0.462. The molecule has 2 nitrogen and oxygen atoms in total. The van der Waals surface area contributed by atoms with Crippen molar-refractivity contribution in [3.8, 4) is 0 Å². The fourth-order valence-corrected chi connectivity index (χ4v) is 2.50. The van der Waals surface area contributed by atoms with Crippen LogP contribution < -0.4 is 11.1 Å². The van der Waals surface area contributed by atoms with E-state index in [2.05, 4.69) is 24.6 Å². The first-order valence-corrected chi connectivity index (χ1v) is 7.50. The van der Waals surface area contributed by atoms with Gasteiger partial charge < -0.3 is 11.1 Å². The lowest BCUT2D eigenvalue weighted by molar-refractivity contribution is 0.772. The van der Waals surface area contributed by atoms with Gasteiger partial charge in [0.25, 0.3) is 0 Å². The molecule has 0 saturated heterocycles. The molecule has 17 heavy (non-hydrogen) atoms. The van der Waals surface area contributed by atoms with Gasteiger partial charge in [-0.2, -0.15) is 11.8 Å². The van der Waals surface area contributed by atoms with Crippen molar-refractivity contribution in [2.45, 2.75) is 26.3 Å². The van der Waals surface area contributed by atoms with Crippen LogP contribution >= 0.6 is 24.0 Å². The van der Waals surface area contributed by atoms with E-state index in [0.717, 1.165) is 23.2 Å². The van der Waals surface area contributed by atoms with E-state index < -0.39 is 0 Å². The van der Waals surface area contributed by atoms with Crippen LogP contribution in [0.15, 0.2) is 18.2 Å². The third kappa shape index (κ3) is 4.56. The maximum atomic E-state index is 5.64. The second-order valence-corrected chi connectivity index (χ2v) is 5.65. The number of thiocarbonyl (C=S) groups is 1. The van der Waals surface area contributed by atoms with E-state index in [0.29, 0.717) is 11.0 Å². The molecule has 1 aromatic rings. The van der Waals surface area contributed by atoms with E-state index in [4.69, 9.17) is 18.0 Å². The van der Waals surface area contributed by atoms with Crippen LogP contribution in [0.5, 0.6) is 0 Å². The minimum atomic E-state index is 0.462. The Hall–Kier alpha value is -0.740. The summed E-state index contributed by atoms with van der Waals surface area (Å²) in [6, 6.07) is 6.61. The molecular weight excluding hydrogens is 248 g/mol. The number of benzene rings is 1. The monoisotopic (exact) mass is 268 g/mol. The molecule has 1 atom stereocenters. The zero-order valence-electron chi connectivity index (χ0n) is 10.6. The predicted molar refractivity (Wildman–Crippen MR) is 83.2 cm³/mol. The van der Waals surface area contributed by atoms with Crippen LogP contribution in [0.1, 0.15) is 24.5 Å². The molecule has 0 heterocycles. The first kappa shape index (κ1) is 14.3. The number of nitrogens with two attached hydrogens (primary N) is 1. The summed E-state index contributed by atoms with van der Waals surface area (Å²) in [5, 5.41) is 3.49. The van der Waals surface area contributed by atoms with Crippen molar-refractivity contribution < 1.29 is 0 Å². The highest BCUT2D eigenvalue weighted by atomic mass is 32.2. The minimum Gasteiger partial charge on any atom is -0.389 e. The third-order valence-corrected chi connectivity index (χ3v) is 3.52. The number of hydrogen-bond acceptors (Lipinski definition) is 3. The summed E-state index contributed by atoms with van der Waals surface area (Å²) in [5.41, 5.74) is 8.86. The van der Waals surface area contributed by atoms with Crippen LogP contribution in [-0.2, 0) is 0 Å². The summed E-state index contributed by atoms with van der Waals surface area (Å²) in [6.07, 6.45) is 3.30. The van der Waals surface area contributed by atoms with Gasteiger partial charge in [0, 0.05) is 17.3 Å². The topological polar surface area (TPSA) is 38.0 Å². The molecule has 0 aromatic heterocycles. The number of aryl methyl sites for hydroxylation is 1. The SMILES string of the molecule is CSCCC(C)Nc1ccc(C(N)=S)c(C)c1. The summed E-state index contributed by atoms with van der Waals surface area (Å²) in [7, 11) is 0. The van der Waals surface area contributed by atoms with E-state index in [1.165, 1.54) is 5.75 Å². The van der Waals surface area contributed by atoms with Gasteiger partial charge in [-0.3, -0.25) is 0 Å². The molecular formula is C13H20N2S2. The second kappa shape index (κ2) is 6.87. The summed E-state index contributed by atoms with van der Waals surface area (Å²) in [4.78, 5) is 0.462. The van der Waals surface area contributed by atoms with E-state index in [-0.39, 0.29) is 0 Å². The zero-order valence-corrected chi connectivity index (χ0v) is 12.3. The molecule has 0 spiro atoms. The summed E-state index contributed by atoms with van der Waals surface area (Å²) >= 11 is 6.87. The highest BCUT2D eigenvalue weighted by Gasteiger charge is 2.05. The number of anilines is 1. The molecule has 94 valence electrons. The molecule has 1 unspecified atom stereocenters. The van der Waals surface area contributed by atoms with E-state index in [9.17, 15) is 0 Å². The lowest BCUT2D eigenvalue weighted by Crippen LogP contribution is -2.17. The van der Waals surface area contributed by atoms with E-state index >= 15 is 0 Å². The molecule has 0 radical (unpaired) electrons. The Morgan fingerprint density at radius 3 is 2.76 bits per heavy atom. The normalized spacial score (nSPS) is 12.2. The molecule has 1 rings (SSSR count). The number of thioether (sulfide) groups is 1. The third-order valence-electron chi connectivity index (χ3n) is 2.66. The van der Waals surface area contributed by atoms with Gasteiger partial charge in [-0.15, -0.1) is 0 Å². The van der Waals surface area contributed by atoms with Crippen LogP contribution in [-0.4, -0.2) is 23.0 Å². The van der Waals surface area contributed by atoms with Crippen molar-refractivity contribution in [2.75, 3.05) is 17.3 Å². The maximum Gasteiger partial charge on any atom is 0.104 e. The maximum absolute atomic E-state index is 5.64. The highest BCUT2D eigenvalue weighted by molar-refractivity contribution is 7.98. The number of nitrogens with one attached hydrogen (secondary N) is 1. The van der Waals surface area contributed by atoms with Gasteiger partial charge in [0.05, 0.1) is 0 Å². The van der Waals surface area contributed by atoms with Gasteiger partial charge in [-0.1, -0.05) is 12.2 Å². The quantitative estimate of drug-likeness (QED) is 0.777. The highest BCUT2D eigenvalue weighted by Crippen LogP contribution is 2.17. The molecule has 0 amide bonds. The first-order chi connectivity index (χ1) is 8.04. The molecule has 0 aliphatic heterocycles. The fourth-order valence-electron chi connectivity index (χ4n) is 1.68. The van der Waals surface area contributed by atoms with Crippen LogP contribution in [0.4, 0.5) is 5.69 Å². The molecule has 3 N–H and O–H groups in total. The van der Waals surface area contributed by atoms with Crippen molar-refractivity contribution in [1.29, 1.82) is 0 Å². The lowest BCUT2D eigenvalue weighted by Gasteiger charge is -2.16. The Morgan fingerprint density at radius 1 is 1.53 bits per heavy atom. The lowest BCUT2D eigenvalue weighted by atomic mass is 10.1. The average molecular weight is 268 g/mol. The smallest absolute Gasteiger partial charge is 0.104 e. The van der Waals surface area contributed by atoms with Crippen LogP contribution in [0.3, 0.4) is 0 Å². The number of hydrogen-bond donors (Lipinski definition) is 2. The van der Waals surface area contributed by atoms with Gasteiger partial charge in [-0.25, -0.2) is 0 Å². The van der Waals surface area contributed by atoms with Crippen molar-refractivity contribution >= 4 is 34.7 Å². The van der Waals surface area contributed by atoms with Crippen molar-refractivity contribution in [2.24, 2.45) is 5.73 Å². The Morgan fingerprint density at radius 2 is 2.24 bits per heavy atom. The molecule has 4 heteroatoms. The Labute approximate surface area is 113 Å². The summed E-state index contributed by atoms with van der Waals surface area (Å²) in [5.74, 6) is 1.18. The van der Waals surface area contributed by atoms with Crippen LogP contribution in [0.25, 0.3) is 0 Å². The summed E-state index contributed by atoms with van der Waals surface area (Å²) in [6.45, 7) is 4.24. The van der Waals surface area contributed by atoms with Gasteiger partial charge in [0.15, 0.2) is 0 Å². The zero-order chi connectivity index (χ0) is 12.8. The Balaban J connectivity index is 2.67. The molecule has 0 aliphatic carbocycles. The molecule has 1 aromatic carbocycles. The van der Waals surface area contributed by atoms with Crippen molar-refractivity contribution in [1.82, 2.24) is 0 Å². The van der Waals surface area contributed by atoms with Crippen molar-refractivity contribution in [3.05, 3.63) is 29.3 Å². The largest absolute Gasteiger partial charge is 0.389 e. The average Bonchev–Trinajstić information content (AvgIpc) is 2.26. The molecule has 0 saturated carbocycles. The fraction of sp³-hybridized carbons (Fsp3) is 0.462. The second-order valence-electron chi connectivity index (χ2n) is 4.22. The summed E-state index contributed by atoms with van der Waals surface area (Å²) < 4.78 is 0. The van der Waals surface area contributed by atoms with Gasteiger partial charge in [0.1, 0.15) is 4.99 Å². The standard InChI is InChI=1S/C13H20N2S2/c1-9-8-11(4-5-12(9)13(14)16)15-10(2)6-7-17-3/h4-5,8,10,15H,6-7H2,1-3H3,(H2,14,16). The van der Waals surface area contributed by atoms with E-state index in [1.807, 2.05) is 30.8 Å². The molecule has 0 bridgehead atoms. The van der Waals surface area contributed by atoms with Crippen LogP contribution in [0.2, 0.25) is 0 Å². The Bertz CT molecular complexity index is 391. The van der Waals surface area contributed by atoms with E-state index in [1.54, 1.807) is 0 Å². The van der Waals surface area contributed by atoms with Gasteiger partial charge in [0.2, 0.25) is 0 Å². The number of rotatable bonds is 6. The Kier molecular flexibility index (Phi) is 5.78. The van der Waals surface area contributed by atoms with Crippen molar-refractivity contribution in [3.63, 3.8) is 0 Å². The molecule has 0 fully saturated rings. The molecule has 0 aliphatic rings. The van der Waals surface area contributed by atoms with Gasteiger partial charge >= 0.3 is 0 Å². The van der Waals surface area contributed by atoms with Gasteiger partial charge in [-0.05, 0) is 56.0 Å². The predicted octanol–water partition coefficient (Wildman–Crippen LogP) is 3.18.